The second-order valence-corrected chi connectivity index (χ2v) is 9.39. The number of aryl methyl sites for hydroxylation is 2. The molecule has 9 heteroatoms. The Hall–Kier alpha value is -4.03. The summed E-state index contributed by atoms with van der Waals surface area (Å²) in [5, 5.41) is 0. The fourth-order valence-corrected chi connectivity index (χ4v) is 4.85. The molecule has 1 fully saturated rings. The van der Waals surface area contributed by atoms with Crippen LogP contribution in [0.1, 0.15) is 25.3 Å². The van der Waals surface area contributed by atoms with E-state index >= 15 is 0 Å². The van der Waals surface area contributed by atoms with E-state index in [-0.39, 0.29) is 23.5 Å². The number of piperazine rings is 1. The van der Waals surface area contributed by atoms with E-state index in [1.165, 1.54) is 12.1 Å². The number of halogens is 1. The standard InChI is InChI=1S/C27H27FN6O2/c1-16-14-34(23-12-25(35)32(5)22-9-10-24(29-4)31-26(22)23)17(2)13-33(16)15-21-18(3)36-27(30-21)19-7-6-8-20(28)11-19/h6-12,16-17H,13-15H2,1-3,5H3/t16-,17+/m1/s1. The summed E-state index contributed by atoms with van der Waals surface area (Å²) in [6.45, 7) is 15.5. The molecule has 184 valence electrons. The van der Waals surface area contributed by atoms with Crippen molar-refractivity contribution in [3.63, 3.8) is 0 Å². The van der Waals surface area contributed by atoms with Crippen LogP contribution in [0.4, 0.5) is 15.9 Å². The van der Waals surface area contributed by atoms with Crippen LogP contribution in [-0.2, 0) is 13.6 Å². The Morgan fingerprint density at radius 2 is 1.94 bits per heavy atom. The van der Waals surface area contributed by atoms with E-state index < -0.39 is 0 Å². The maximum atomic E-state index is 13.7. The number of oxazole rings is 1. The van der Waals surface area contributed by atoms with Gasteiger partial charge in [-0.25, -0.2) is 9.37 Å². The third kappa shape index (κ3) is 4.25. The van der Waals surface area contributed by atoms with Crippen LogP contribution in [-0.4, -0.2) is 44.6 Å². The fourth-order valence-electron chi connectivity index (χ4n) is 4.85. The van der Waals surface area contributed by atoms with Gasteiger partial charge in [-0.3, -0.25) is 9.69 Å². The Bertz CT molecular complexity index is 1550. The largest absolute Gasteiger partial charge is 0.441 e. The maximum absolute atomic E-state index is 13.7. The lowest BCUT2D eigenvalue weighted by molar-refractivity contribution is 0.156. The van der Waals surface area contributed by atoms with Crippen molar-refractivity contribution < 1.29 is 8.81 Å². The van der Waals surface area contributed by atoms with Crippen LogP contribution in [0.5, 0.6) is 0 Å². The summed E-state index contributed by atoms with van der Waals surface area (Å²) >= 11 is 0. The molecule has 2 atom stereocenters. The van der Waals surface area contributed by atoms with E-state index in [1.54, 1.807) is 41.9 Å². The molecule has 3 aromatic heterocycles. The van der Waals surface area contributed by atoms with E-state index in [1.807, 2.05) is 6.92 Å². The van der Waals surface area contributed by atoms with Gasteiger partial charge in [0.1, 0.15) is 11.6 Å². The second kappa shape index (κ2) is 9.21. The normalized spacial score (nSPS) is 18.5. The molecule has 1 aromatic carbocycles. The van der Waals surface area contributed by atoms with Gasteiger partial charge in [0.25, 0.3) is 11.4 Å². The Morgan fingerprint density at radius 3 is 2.69 bits per heavy atom. The molecule has 4 aromatic rings. The van der Waals surface area contributed by atoms with Crippen LogP contribution >= 0.6 is 0 Å². The highest BCUT2D eigenvalue weighted by atomic mass is 19.1. The molecule has 1 saturated heterocycles. The monoisotopic (exact) mass is 486 g/mol. The second-order valence-electron chi connectivity index (χ2n) is 9.39. The van der Waals surface area contributed by atoms with Crippen LogP contribution in [0.15, 0.2) is 51.7 Å². The molecule has 36 heavy (non-hydrogen) atoms. The lowest BCUT2D eigenvalue weighted by Gasteiger charge is -2.45. The number of hydrogen-bond acceptors (Lipinski definition) is 6. The molecule has 1 aliphatic rings. The lowest BCUT2D eigenvalue weighted by Crippen LogP contribution is -2.56. The Balaban J connectivity index is 1.41. The van der Waals surface area contributed by atoms with Gasteiger partial charge >= 0.3 is 0 Å². The van der Waals surface area contributed by atoms with Gasteiger partial charge in [-0.1, -0.05) is 12.6 Å². The van der Waals surface area contributed by atoms with Gasteiger partial charge in [-0.05, 0) is 51.1 Å². The summed E-state index contributed by atoms with van der Waals surface area (Å²) in [4.78, 5) is 29.9. The van der Waals surface area contributed by atoms with E-state index in [9.17, 15) is 9.18 Å². The fraction of sp³-hybridized carbons (Fsp3) is 0.333. The van der Waals surface area contributed by atoms with Crippen LogP contribution in [0, 0.1) is 19.3 Å². The predicted molar refractivity (Wildman–Crippen MR) is 137 cm³/mol. The molecular weight excluding hydrogens is 459 g/mol. The van der Waals surface area contributed by atoms with Crippen LogP contribution in [0.3, 0.4) is 0 Å². The zero-order valence-electron chi connectivity index (χ0n) is 20.7. The summed E-state index contributed by atoms with van der Waals surface area (Å²) in [6, 6.07) is 11.5. The highest BCUT2D eigenvalue weighted by Crippen LogP contribution is 2.31. The smallest absolute Gasteiger partial charge is 0.270 e. The van der Waals surface area contributed by atoms with Gasteiger partial charge < -0.3 is 18.7 Å². The molecule has 0 bridgehead atoms. The minimum absolute atomic E-state index is 0.0878. The Kier molecular flexibility index (Phi) is 6.06. The van der Waals surface area contributed by atoms with Crippen LogP contribution in [0.2, 0.25) is 0 Å². The van der Waals surface area contributed by atoms with E-state index in [2.05, 4.69) is 38.5 Å². The summed E-state index contributed by atoms with van der Waals surface area (Å²) in [7, 11) is 1.72. The highest BCUT2D eigenvalue weighted by Gasteiger charge is 2.32. The number of anilines is 1. The first-order chi connectivity index (χ1) is 17.2. The minimum Gasteiger partial charge on any atom is -0.441 e. The molecule has 1 aliphatic heterocycles. The molecule has 0 aliphatic carbocycles. The highest BCUT2D eigenvalue weighted by molar-refractivity contribution is 5.89. The van der Waals surface area contributed by atoms with Gasteiger partial charge in [0.05, 0.1) is 16.9 Å². The quantitative estimate of drug-likeness (QED) is 0.390. The number of fused-ring (bicyclic) bond motifs is 1. The van der Waals surface area contributed by atoms with Crippen molar-refractivity contribution in [3.05, 3.63) is 81.5 Å². The van der Waals surface area contributed by atoms with Gasteiger partial charge in [0.15, 0.2) is 0 Å². The van der Waals surface area contributed by atoms with Crippen LogP contribution in [0.25, 0.3) is 27.3 Å². The summed E-state index contributed by atoms with van der Waals surface area (Å²) in [6.07, 6.45) is 0. The molecule has 0 radical (unpaired) electrons. The molecular formula is C27H27FN6O2. The van der Waals surface area contributed by atoms with E-state index in [4.69, 9.17) is 11.0 Å². The third-order valence-electron chi connectivity index (χ3n) is 6.91. The zero-order valence-corrected chi connectivity index (χ0v) is 20.7. The summed E-state index contributed by atoms with van der Waals surface area (Å²) in [5.74, 6) is 1.10. The molecule has 0 N–H and O–H groups in total. The molecule has 0 saturated carbocycles. The summed E-state index contributed by atoms with van der Waals surface area (Å²) in [5.41, 5.74) is 3.44. The average molecular weight is 487 g/mol. The Morgan fingerprint density at radius 1 is 1.14 bits per heavy atom. The maximum Gasteiger partial charge on any atom is 0.270 e. The topological polar surface area (TPSA) is 71.8 Å². The van der Waals surface area contributed by atoms with Crippen molar-refractivity contribution >= 4 is 22.5 Å². The first-order valence-corrected chi connectivity index (χ1v) is 11.9. The number of hydrogen-bond donors (Lipinski definition) is 0. The van der Waals surface area contributed by atoms with Crippen molar-refractivity contribution in [2.75, 3.05) is 18.0 Å². The number of benzene rings is 1. The molecule has 0 unspecified atom stereocenters. The van der Waals surface area contributed by atoms with E-state index in [0.717, 1.165) is 17.9 Å². The van der Waals surface area contributed by atoms with Gasteiger partial charge in [0.2, 0.25) is 11.4 Å². The average Bonchev–Trinajstić information content (AvgIpc) is 3.23. The third-order valence-corrected chi connectivity index (χ3v) is 6.91. The molecule has 8 nitrogen and oxygen atoms in total. The van der Waals surface area contributed by atoms with Crippen molar-refractivity contribution in [1.82, 2.24) is 19.4 Å². The molecule has 5 rings (SSSR count). The zero-order chi connectivity index (χ0) is 25.6. The number of pyridine rings is 2. The van der Waals surface area contributed by atoms with Crippen molar-refractivity contribution in [2.45, 2.75) is 39.4 Å². The van der Waals surface area contributed by atoms with Gasteiger partial charge in [-0.2, -0.15) is 0 Å². The molecule has 0 spiro atoms. The molecule has 4 heterocycles. The van der Waals surface area contributed by atoms with Crippen molar-refractivity contribution in [2.24, 2.45) is 7.05 Å². The summed E-state index contributed by atoms with van der Waals surface area (Å²) < 4.78 is 21.1. The van der Waals surface area contributed by atoms with Crippen LogP contribution < -0.4 is 10.5 Å². The first-order valence-electron chi connectivity index (χ1n) is 11.9. The molecule has 0 amide bonds. The van der Waals surface area contributed by atoms with Gasteiger partial charge in [0, 0.05) is 50.4 Å². The van der Waals surface area contributed by atoms with Gasteiger partial charge in [-0.15, -0.1) is 4.98 Å². The van der Waals surface area contributed by atoms with Crippen molar-refractivity contribution in [1.29, 1.82) is 0 Å². The van der Waals surface area contributed by atoms with E-state index in [0.29, 0.717) is 47.2 Å². The number of nitrogens with zero attached hydrogens (tertiary/aromatic N) is 6. The van der Waals surface area contributed by atoms with Crippen molar-refractivity contribution in [3.8, 4) is 11.5 Å². The minimum atomic E-state index is -0.329. The number of rotatable bonds is 4. The lowest BCUT2D eigenvalue weighted by atomic mass is 10.1. The SMILES string of the molecule is [C-]#[N+]c1ccc2c(n1)c(N1C[C@@H](C)N(Cc3nc(-c4cccc(F)c4)oc3C)C[C@@H]1C)cc(=O)n2C. The number of aromatic nitrogens is 3. The Labute approximate surface area is 208 Å². The predicted octanol–water partition coefficient (Wildman–Crippen LogP) is 4.69. The first kappa shape index (κ1) is 23.7.